The summed E-state index contributed by atoms with van der Waals surface area (Å²) in [6, 6.07) is 7.39. The molecule has 8 heteroatoms. The van der Waals surface area contributed by atoms with Gasteiger partial charge in [0.05, 0.1) is 41.6 Å². The third-order valence-corrected chi connectivity index (χ3v) is 6.28. The Kier molecular flexibility index (Phi) is 5.68. The first-order chi connectivity index (χ1) is 16.2. The van der Waals surface area contributed by atoms with Crippen molar-refractivity contribution in [3.05, 3.63) is 63.4 Å². The number of hydrogen-bond donors (Lipinski definition) is 2. The number of carbonyl (C=O) groups is 1. The minimum atomic E-state index is -1.07. The number of nitrogens with two attached hydrogens (primary N) is 1. The summed E-state index contributed by atoms with van der Waals surface area (Å²) in [5.74, 6) is 5.99. The molecule has 0 saturated heterocycles. The summed E-state index contributed by atoms with van der Waals surface area (Å²) in [6.45, 7) is 4.49. The van der Waals surface area contributed by atoms with Crippen LogP contribution < -0.4 is 5.73 Å². The fraction of sp³-hybridized carbons (Fsp3) is 0.346. The minimum Gasteiger partial charge on any atom is -0.383 e. The van der Waals surface area contributed by atoms with E-state index in [1.807, 2.05) is 23.1 Å². The number of rotatable bonds is 4. The maximum absolute atomic E-state index is 13.6. The Morgan fingerprint density at radius 3 is 2.74 bits per heavy atom. The normalized spacial score (nSPS) is 15.1. The van der Waals surface area contributed by atoms with E-state index in [1.54, 1.807) is 26.1 Å². The van der Waals surface area contributed by atoms with Gasteiger partial charge in [0.15, 0.2) is 0 Å². The molecule has 1 aliphatic carbocycles. The summed E-state index contributed by atoms with van der Waals surface area (Å²) in [5, 5.41) is 11.0. The topological polar surface area (TPSA) is 102 Å². The van der Waals surface area contributed by atoms with Crippen molar-refractivity contribution >= 4 is 34.2 Å². The van der Waals surface area contributed by atoms with Crippen LogP contribution in [0.15, 0.2) is 30.5 Å². The van der Waals surface area contributed by atoms with Crippen LogP contribution in [0.1, 0.15) is 59.4 Å². The number of pyridine rings is 2. The van der Waals surface area contributed by atoms with Crippen molar-refractivity contribution in [2.24, 2.45) is 0 Å². The highest BCUT2D eigenvalue weighted by Gasteiger charge is 2.34. The number of anilines is 1. The lowest BCUT2D eigenvalue weighted by Crippen LogP contribution is -2.33. The van der Waals surface area contributed by atoms with E-state index in [4.69, 9.17) is 22.1 Å². The van der Waals surface area contributed by atoms with Gasteiger partial charge >= 0.3 is 0 Å². The first kappa shape index (κ1) is 22.6. The molecule has 1 aromatic carbocycles. The maximum Gasteiger partial charge on any atom is 0.255 e. The summed E-state index contributed by atoms with van der Waals surface area (Å²) >= 11 is 6.56. The molecule has 0 spiro atoms. The van der Waals surface area contributed by atoms with Crippen LogP contribution in [-0.4, -0.2) is 37.5 Å². The highest BCUT2D eigenvalue weighted by Crippen LogP contribution is 2.36. The van der Waals surface area contributed by atoms with E-state index in [-0.39, 0.29) is 11.9 Å². The number of hydrogen-bond acceptors (Lipinski definition) is 6. The molecule has 3 heterocycles. The molecule has 1 amide bonds. The van der Waals surface area contributed by atoms with Gasteiger partial charge in [-0.05, 0) is 56.5 Å². The van der Waals surface area contributed by atoms with Crippen LogP contribution >= 0.6 is 11.6 Å². The monoisotopic (exact) mass is 476 g/mol. The molecule has 0 unspecified atom stereocenters. The van der Waals surface area contributed by atoms with E-state index in [0.29, 0.717) is 47.2 Å². The smallest absolute Gasteiger partial charge is 0.255 e. The van der Waals surface area contributed by atoms with Crippen LogP contribution in [0.5, 0.6) is 0 Å². The Hall–Kier alpha value is -3.18. The van der Waals surface area contributed by atoms with E-state index in [2.05, 4.69) is 21.8 Å². The number of aromatic nitrogens is 2. The molecule has 1 aliphatic heterocycles. The number of nitrogens with zero attached hydrogens (tertiary/aromatic N) is 3. The summed E-state index contributed by atoms with van der Waals surface area (Å²) in [4.78, 5) is 24.4. The van der Waals surface area contributed by atoms with Gasteiger partial charge in [0.1, 0.15) is 11.4 Å². The van der Waals surface area contributed by atoms with E-state index >= 15 is 0 Å². The van der Waals surface area contributed by atoms with Crippen molar-refractivity contribution in [3.8, 4) is 11.8 Å². The van der Waals surface area contributed by atoms with Gasteiger partial charge in [-0.2, -0.15) is 0 Å². The van der Waals surface area contributed by atoms with Crippen molar-refractivity contribution < 1.29 is 14.6 Å². The largest absolute Gasteiger partial charge is 0.383 e. The lowest BCUT2D eigenvalue weighted by atomic mass is 10.0. The van der Waals surface area contributed by atoms with Crippen molar-refractivity contribution in [2.75, 3.05) is 5.73 Å². The third kappa shape index (κ3) is 4.58. The summed E-state index contributed by atoms with van der Waals surface area (Å²) < 4.78 is 5.57. The molecule has 1 fully saturated rings. The van der Waals surface area contributed by atoms with Gasteiger partial charge in [0, 0.05) is 28.8 Å². The molecule has 34 heavy (non-hydrogen) atoms. The van der Waals surface area contributed by atoms with Gasteiger partial charge in [0.25, 0.3) is 5.91 Å². The number of carbonyl (C=O) groups excluding carboxylic acids is 1. The van der Waals surface area contributed by atoms with Gasteiger partial charge in [0.2, 0.25) is 0 Å². The number of ether oxygens (including phenoxy) is 1. The van der Waals surface area contributed by atoms with Gasteiger partial charge in [-0.25, -0.2) is 4.98 Å². The molecular formula is C26H25ClN4O3. The Morgan fingerprint density at radius 1 is 1.29 bits per heavy atom. The number of aliphatic hydroxyl groups is 1. The number of benzene rings is 1. The Morgan fingerprint density at radius 2 is 2.06 bits per heavy atom. The molecule has 2 aromatic heterocycles. The molecule has 3 aromatic rings. The zero-order chi connectivity index (χ0) is 24.0. The second-order valence-corrected chi connectivity index (χ2v) is 9.71. The Bertz CT molecular complexity index is 1350. The summed E-state index contributed by atoms with van der Waals surface area (Å²) in [7, 11) is 0. The molecular weight excluding hydrogens is 452 g/mol. The molecule has 5 rings (SSSR count). The average molecular weight is 477 g/mol. The molecule has 0 atom stereocenters. The number of amides is 1. The van der Waals surface area contributed by atoms with Gasteiger partial charge in [-0.15, -0.1) is 0 Å². The van der Waals surface area contributed by atoms with Crippen LogP contribution in [0.4, 0.5) is 5.82 Å². The molecule has 1 saturated carbocycles. The number of halogens is 1. The van der Waals surface area contributed by atoms with Gasteiger partial charge in [-0.3, -0.25) is 9.78 Å². The van der Waals surface area contributed by atoms with E-state index in [1.165, 1.54) is 0 Å². The average Bonchev–Trinajstić information content (AvgIpc) is 3.50. The quantitative estimate of drug-likeness (QED) is 0.555. The highest BCUT2D eigenvalue weighted by molar-refractivity contribution is 6.34. The van der Waals surface area contributed by atoms with Crippen molar-refractivity contribution in [3.63, 3.8) is 0 Å². The first-order valence-corrected chi connectivity index (χ1v) is 11.6. The Labute approximate surface area is 202 Å². The maximum atomic E-state index is 13.6. The molecule has 0 radical (unpaired) electrons. The van der Waals surface area contributed by atoms with E-state index < -0.39 is 5.60 Å². The van der Waals surface area contributed by atoms with Gasteiger partial charge < -0.3 is 20.5 Å². The first-order valence-electron chi connectivity index (χ1n) is 11.2. The predicted octanol–water partition coefficient (Wildman–Crippen LogP) is 3.82. The summed E-state index contributed by atoms with van der Waals surface area (Å²) in [5.41, 5.74) is 9.42. The fourth-order valence-electron chi connectivity index (χ4n) is 4.06. The fourth-order valence-corrected chi connectivity index (χ4v) is 4.29. The predicted molar refractivity (Wildman–Crippen MR) is 130 cm³/mol. The lowest BCUT2D eigenvalue weighted by Gasteiger charge is -2.23. The van der Waals surface area contributed by atoms with Crippen LogP contribution in [0.25, 0.3) is 10.9 Å². The third-order valence-electron chi connectivity index (χ3n) is 5.97. The number of fused-ring (bicyclic) bond motifs is 3. The Balaban J connectivity index is 1.44. The van der Waals surface area contributed by atoms with Crippen molar-refractivity contribution in [1.29, 1.82) is 0 Å². The molecule has 7 nitrogen and oxygen atoms in total. The molecule has 0 bridgehead atoms. The second-order valence-electron chi connectivity index (χ2n) is 9.31. The molecule has 2 aliphatic rings. The zero-order valence-corrected chi connectivity index (χ0v) is 19.8. The van der Waals surface area contributed by atoms with Crippen molar-refractivity contribution in [1.82, 2.24) is 14.9 Å². The van der Waals surface area contributed by atoms with Crippen LogP contribution in [0.3, 0.4) is 0 Å². The van der Waals surface area contributed by atoms with Gasteiger partial charge in [-0.1, -0.05) is 23.4 Å². The van der Waals surface area contributed by atoms with Crippen LogP contribution in [0.2, 0.25) is 5.02 Å². The van der Waals surface area contributed by atoms with Crippen LogP contribution in [0, 0.1) is 11.8 Å². The SMILES string of the molecule is CC(C)(O)C#Cc1ccc(CN(C(=O)c2cc3c4c(c(N)nc3cc2Cl)COC4)C2CC2)nc1. The summed E-state index contributed by atoms with van der Waals surface area (Å²) in [6.07, 6.45) is 3.56. The number of nitrogen functional groups attached to an aromatic ring is 1. The van der Waals surface area contributed by atoms with E-state index in [0.717, 1.165) is 35.0 Å². The standard InChI is InChI=1S/C26H25ClN4O3/c1-26(2,33)8-7-15-3-4-16(29-11-15)12-31(17-5-6-17)25(32)19-9-18-20-13-34-14-21(20)24(28)30-23(18)10-22(19)27/h3-4,9-11,17,33H,5-6,12-14H2,1-2H3,(H2,28,30). The zero-order valence-electron chi connectivity index (χ0n) is 19.1. The minimum absolute atomic E-state index is 0.133. The van der Waals surface area contributed by atoms with Crippen LogP contribution in [-0.2, 0) is 24.5 Å². The van der Waals surface area contributed by atoms with E-state index in [9.17, 15) is 9.90 Å². The molecule has 3 N–H and O–H groups in total. The lowest BCUT2D eigenvalue weighted by molar-refractivity contribution is 0.0728. The highest BCUT2D eigenvalue weighted by atomic mass is 35.5. The second kappa shape index (κ2) is 8.55. The molecule has 174 valence electrons. The van der Waals surface area contributed by atoms with Crippen molar-refractivity contribution in [2.45, 2.75) is 58.1 Å².